The fourth-order valence-corrected chi connectivity index (χ4v) is 1.38. The van der Waals surface area contributed by atoms with E-state index in [1.165, 1.54) is 0 Å². The van der Waals surface area contributed by atoms with Crippen LogP contribution in [0.25, 0.3) is 0 Å². The van der Waals surface area contributed by atoms with Crippen molar-refractivity contribution in [3.8, 4) is 0 Å². The normalized spacial score (nSPS) is 43.7. The third kappa shape index (κ3) is 1.25. The third-order valence-corrected chi connectivity index (χ3v) is 2.10. The largest absolute Gasteiger partial charge is 0.368 e. The quantitative estimate of drug-likeness (QED) is 0.573. The third-order valence-electron chi connectivity index (χ3n) is 2.10. The predicted molar refractivity (Wildman–Crippen MR) is 34.9 cm³/mol. The molecule has 0 aromatic heterocycles. The van der Waals surface area contributed by atoms with Crippen molar-refractivity contribution in [3.63, 3.8) is 0 Å². The molecule has 0 saturated carbocycles. The molecule has 0 aromatic carbocycles. The zero-order chi connectivity index (χ0) is 6.85. The van der Waals surface area contributed by atoms with Gasteiger partial charge in [0.15, 0.2) is 6.29 Å². The van der Waals surface area contributed by atoms with E-state index in [1.807, 2.05) is 0 Å². The van der Waals surface area contributed by atoms with Gasteiger partial charge in [-0.25, -0.2) is 0 Å². The van der Waals surface area contributed by atoms with E-state index in [1.54, 1.807) is 0 Å². The number of aliphatic hydroxyl groups is 1. The molecule has 1 aliphatic heterocycles. The predicted octanol–water partition coefficient (Wildman–Crippen LogP) is 0.997. The Bertz CT molecular complexity index is 82.9. The Kier molecular flexibility index (Phi) is 2.09. The lowest BCUT2D eigenvalue weighted by Gasteiger charge is -2.12. The maximum Gasteiger partial charge on any atom is 0.157 e. The molecule has 3 atom stereocenters. The summed E-state index contributed by atoms with van der Waals surface area (Å²) in [4.78, 5) is 0. The first-order valence-electron chi connectivity index (χ1n) is 3.55. The maximum atomic E-state index is 9.14. The van der Waals surface area contributed by atoms with Gasteiger partial charge in [-0.3, -0.25) is 0 Å². The van der Waals surface area contributed by atoms with Gasteiger partial charge in [-0.1, -0.05) is 13.8 Å². The molecule has 0 radical (unpaired) electrons. The van der Waals surface area contributed by atoms with Crippen LogP contribution in [0, 0.1) is 11.8 Å². The SMILES string of the molecule is CCC1C(C)COC1O. The Morgan fingerprint density at radius 1 is 1.67 bits per heavy atom. The minimum atomic E-state index is -0.495. The van der Waals surface area contributed by atoms with Gasteiger partial charge >= 0.3 is 0 Å². The summed E-state index contributed by atoms with van der Waals surface area (Å²) in [6.07, 6.45) is 0.521. The molecular weight excluding hydrogens is 116 g/mol. The fourth-order valence-electron chi connectivity index (χ4n) is 1.38. The molecule has 1 saturated heterocycles. The van der Waals surface area contributed by atoms with Gasteiger partial charge in [-0.2, -0.15) is 0 Å². The van der Waals surface area contributed by atoms with Crippen molar-refractivity contribution in [3.05, 3.63) is 0 Å². The number of rotatable bonds is 1. The molecule has 54 valence electrons. The molecule has 0 aromatic rings. The summed E-state index contributed by atoms with van der Waals surface area (Å²) in [6, 6.07) is 0. The molecule has 2 heteroatoms. The molecule has 1 rings (SSSR count). The molecule has 9 heavy (non-hydrogen) atoms. The topological polar surface area (TPSA) is 29.5 Å². The Hall–Kier alpha value is -0.0800. The highest BCUT2D eigenvalue weighted by atomic mass is 16.6. The Morgan fingerprint density at radius 2 is 2.33 bits per heavy atom. The lowest BCUT2D eigenvalue weighted by atomic mass is 9.94. The standard InChI is InChI=1S/C7H14O2/c1-3-6-5(2)4-9-7(6)8/h5-8H,3-4H2,1-2H3. The van der Waals surface area contributed by atoms with E-state index in [0.717, 1.165) is 13.0 Å². The average Bonchev–Trinajstić information content (AvgIpc) is 2.12. The number of hydrogen-bond donors (Lipinski definition) is 1. The minimum Gasteiger partial charge on any atom is -0.368 e. The molecule has 1 heterocycles. The van der Waals surface area contributed by atoms with Gasteiger partial charge in [-0.05, 0) is 12.3 Å². The van der Waals surface area contributed by atoms with Crippen molar-refractivity contribution in [2.45, 2.75) is 26.6 Å². The second kappa shape index (κ2) is 2.67. The summed E-state index contributed by atoms with van der Waals surface area (Å²) in [5, 5.41) is 9.14. The molecule has 2 nitrogen and oxygen atoms in total. The van der Waals surface area contributed by atoms with Gasteiger partial charge in [0.05, 0.1) is 6.61 Å². The highest BCUT2D eigenvalue weighted by Crippen LogP contribution is 2.27. The molecule has 0 spiro atoms. The van der Waals surface area contributed by atoms with Crippen LogP contribution < -0.4 is 0 Å². The van der Waals surface area contributed by atoms with E-state index in [-0.39, 0.29) is 0 Å². The van der Waals surface area contributed by atoms with E-state index in [4.69, 9.17) is 9.84 Å². The van der Waals surface area contributed by atoms with Crippen LogP contribution in [-0.4, -0.2) is 18.0 Å². The van der Waals surface area contributed by atoms with Crippen molar-refractivity contribution in [2.24, 2.45) is 11.8 Å². The van der Waals surface area contributed by atoms with E-state index in [0.29, 0.717) is 11.8 Å². The zero-order valence-electron chi connectivity index (χ0n) is 6.00. The van der Waals surface area contributed by atoms with E-state index in [9.17, 15) is 0 Å². The summed E-state index contributed by atoms with van der Waals surface area (Å²) < 4.78 is 5.02. The summed E-state index contributed by atoms with van der Waals surface area (Å²) in [5.74, 6) is 0.898. The molecule has 0 aliphatic carbocycles. The fraction of sp³-hybridized carbons (Fsp3) is 1.00. The van der Waals surface area contributed by atoms with Gasteiger partial charge in [0.25, 0.3) is 0 Å². The van der Waals surface area contributed by atoms with Crippen molar-refractivity contribution in [1.29, 1.82) is 0 Å². The average molecular weight is 130 g/mol. The smallest absolute Gasteiger partial charge is 0.157 e. The van der Waals surface area contributed by atoms with Crippen LogP contribution in [0.1, 0.15) is 20.3 Å². The first-order valence-corrected chi connectivity index (χ1v) is 3.55. The first-order chi connectivity index (χ1) is 4.25. The zero-order valence-corrected chi connectivity index (χ0v) is 6.00. The lowest BCUT2D eigenvalue weighted by molar-refractivity contribution is -0.0826. The molecule has 0 amide bonds. The molecule has 1 aliphatic rings. The molecule has 1 fully saturated rings. The second-order valence-electron chi connectivity index (χ2n) is 2.77. The van der Waals surface area contributed by atoms with E-state index in [2.05, 4.69) is 13.8 Å². The Balaban J connectivity index is 2.44. The van der Waals surface area contributed by atoms with Crippen LogP contribution in [0.3, 0.4) is 0 Å². The maximum absolute atomic E-state index is 9.14. The molecule has 0 bridgehead atoms. The van der Waals surface area contributed by atoms with Crippen molar-refractivity contribution in [1.82, 2.24) is 0 Å². The van der Waals surface area contributed by atoms with Crippen LogP contribution in [0.2, 0.25) is 0 Å². The lowest BCUT2D eigenvalue weighted by Crippen LogP contribution is -2.17. The molecule has 3 unspecified atom stereocenters. The number of aliphatic hydroxyl groups excluding tert-OH is 1. The van der Waals surface area contributed by atoms with Crippen LogP contribution in [0.15, 0.2) is 0 Å². The number of ether oxygens (including phenoxy) is 1. The van der Waals surface area contributed by atoms with Crippen molar-refractivity contribution in [2.75, 3.05) is 6.61 Å². The van der Waals surface area contributed by atoms with Gasteiger partial charge in [0.2, 0.25) is 0 Å². The Morgan fingerprint density at radius 3 is 2.56 bits per heavy atom. The second-order valence-corrected chi connectivity index (χ2v) is 2.77. The summed E-state index contributed by atoms with van der Waals surface area (Å²) in [6.45, 7) is 4.92. The monoisotopic (exact) mass is 130 g/mol. The summed E-state index contributed by atoms with van der Waals surface area (Å²) in [7, 11) is 0. The van der Waals surface area contributed by atoms with Crippen LogP contribution in [0.5, 0.6) is 0 Å². The van der Waals surface area contributed by atoms with E-state index < -0.39 is 6.29 Å². The van der Waals surface area contributed by atoms with Gasteiger partial charge in [0, 0.05) is 5.92 Å². The Labute approximate surface area is 55.8 Å². The first kappa shape index (κ1) is 7.03. The highest BCUT2D eigenvalue weighted by molar-refractivity contribution is 4.72. The van der Waals surface area contributed by atoms with Crippen molar-refractivity contribution < 1.29 is 9.84 Å². The number of hydrogen-bond acceptors (Lipinski definition) is 2. The van der Waals surface area contributed by atoms with E-state index >= 15 is 0 Å². The van der Waals surface area contributed by atoms with Crippen LogP contribution in [0.4, 0.5) is 0 Å². The van der Waals surface area contributed by atoms with Gasteiger partial charge in [0.1, 0.15) is 0 Å². The minimum absolute atomic E-state index is 0.366. The molecular formula is C7H14O2. The van der Waals surface area contributed by atoms with Gasteiger partial charge in [-0.15, -0.1) is 0 Å². The summed E-state index contributed by atoms with van der Waals surface area (Å²) in [5.41, 5.74) is 0. The van der Waals surface area contributed by atoms with Gasteiger partial charge < -0.3 is 9.84 Å². The van der Waals surface area contributed by atoms with Crippen molar-refractivity contribution >= 4 is 0 Å². The summed E-state index contributed by atoms with van der Waals surface area (Å²) >= 11 is 0. The van der Waals surface area contributed by atoms with Crippen LogP contribution in [-0.2, 0) is 4.74 Å². The highest BCUT2D eigenvalue weighted by Gasteiger charge is 2.30. The molecule has 1 N–H and O–H groups in total. The van der Waals surface area contributed by atoms with Crippen LogP contribution >= 0.6 is 0 Å².